The van der Waals surface area contributed by atoms with E-state index in [9.17, 15) is 4.79 Å². The van der Waals surface area contributed by atoms with Crippen LogP contribution in [0.1, 0.15) is 48.3 Å². The van der Waals surface area contributed by atoms with Crippen LogP contribution in [0, 0.1) is 0 Å². The average Bonchev–Trinajstić information content (AvgIpc) is 2.93. The summed E-state index contributed by atoms with van der Waals surface area (Å²) in [4.78, 5) is 19.4. The Morgan fingerprint density at radius 1 is 1.48 bits per heavy atom. The summed E-state index contributed by atoms with van der Waals surface area (Å²) >= 11 is 0. The smallest absolute Gasteiger partial charge is 0.252 e. The van der Waals surface area contributed by atoms with Gasteiger partial charge >= 0.3 is 0 Å². The molecule has 0 aromatic carbocycles. The topological polar surface area (TPSA) is 107 Å². The third-order valence-corrected chi connectivity index (χ3v) is 2.97. The molecule has 1 amide bonds. The van der Waals surface area contributed by atoms with Crippen molar-refractivity contribution in [3.05, 3.63) is 35.7 Å². The lowest BCUT2D eigenvalue weighted by molar-refractivity contribution is 0.100. The summed E-state index contributed by atoms with van der Waals surface area (Å²) in [6, 6.07) is 1.73. The largest absolute Gasteiger partial charge is 0.384 e. The van der Waals surface area contributed by atoms with Crippen molar-refractivity contribution in [2.24, 2.45) is 5.73 Å². The van der Waals surface area contributed by atoms with Crippen molar-refractivity contribution >= 4 is 11.6 Å². The number of nitrogens with two attached hydrogens (primary N) is 1. The summed E-state index contributed by atoms with van der Waals surface area (Å²) in [5.74, 6) is 1.12. The Labute approximate surface area is 122 Å². The summed E-state index contributed by atoms with van der Waals surface area (Å²) in [5, 5.41) is 7.08. The molecule has 7 heteroatoms. The molecular weight excluding hydrogens is 270 g/mol. The SMILES string of the molecule is CC(C)c1noc(CCCNc2ccncc2C(N)=O)n1. The predicted molar refractivity (Wildman–Crippen MR) is 78.0 cm³/mol. The molecule has 0 atom stereocenters. The van der Waals surface area contributed by atoms with E-state index in [1.807, 2.05) is 13.8 Å². The third kappa shape index (κ3) is 4.01. The van der Waals surface area contributed by atoms with Gasteiger partial charge in [-0.3, -0.25) is 9.78 Å². The summed E-state index contributed by atoms with van der Waals surface area (Å²) in [6.07, 6.45) is 4.56. The molecule has 2 aromatic heterocycles. The molecule has 0 bridgehead atoms. The van der Waals surface area contributed by atoms with E-state index in [-0.39, 0.29) is 5.92 Å². The zero-order chi connectivity index (χ0) is 15.2. The van der Waals surface area contributed by atoms with Gasteiger partial charge < -0.3 is 15.6 Å². The number of nitrogens with zero attached hydrogens (tertiary/aromatic N) is 3. The van der Waals surface area contributed by atoms with E-state index in [0.717, 1.165) is 12.2 Å². The molecule has 21 heavy (non-hydrogen) atoms. The first-order valence-electron chi connectivity index (χ1n) is 6.88. The van der Waals surface area contributed by atoms with Gasteiger partial charge in [0, 0.05) is 31.3 Å². The van der Waals surface area contributed by atoms with Gasteiger partial charge in [0.2, 0.25) is 5.89 Å². The number of pyridine rings is 1. The molecule has 2 heterocycles. The van der Waals surface area contributed by atoms with Crippen LogP contribution in [0.15, 0.2) is 23.0 Å². The number of nitrogens with one attached hydrogen (secondary N) is 1. The number of hydrogen-bond donors (Lipinski definition) is 2. The molecule has 7 nitrogen and oxygen atoms in total. The van der Waals surface area contributed by atoms with Crippen LogP contribution < -0.4 is 11.1 Å². The number of primary amides is 1. The maximum Gasteiger partial charge on any atom is 0.252 e. The highest BCUT2D eigenvalue weighted by molar-refractivity contribution is 5.98. The molecule has 0 saturated heterocycles. The maximum absolute atomic E-state index is 11.3. The van der Waals surface area contributed by atoms with Gasteiger partial charge in [0.1, 0.15) is 0 Å². The minimum atomic E-state index is -0.496. The lowest BCUT2D eigenvalue weighted by atomic mass is 10.2. The van der Waals surface area contributed by atoms with Gasteiger partial charge in [0.25, 0.3) is 5.91 Å². The Morgan fingerprint density at radius 2 is 2.29 bits per heavy atom. The first kappa shape index (κ1) is 15.0. The summed E-state index contributed by atoms with van der Waals surface area (Å²) in [5.41, 5.74) is 6.36. The quantitative estimate of drug-likeness (QED) is 0.752. The molecule has 0 aliphatic rings. The Balaban J connectivity index is 1.83. The Morgan fingerprint density at radius 3 is 2.95 bits per heavy atom. The fraction of sp³-hybridized carbons (Fsp3) is 0.429. The number of aryl methyl sites for hydroxylation is 1. The van der Waals surface area contributed by atoms with Gasteiger partial charge in [-0.2, -0.15) is 4.98 Å². The fourth-order valence-corrected chi connectivity index (χ4v) is 1.81. The van der Waals surface area contributed by atoms with Gasteiger partial charge in [0.15, 0.2) is 5.82 Å². The molecule has 2 aromatic rings. The number of anilines is 1. The van der Waals surface area contributed by atoms with Gasteiger partial charge in [-0.25, -0.2) is 0 Å². The Hall–Kier alpha value is -2.44. The van der Waals surface area contributed by atoms with Crippen LogP contribution in [0.5, 0.6) is 0 Å². The molecule has 0 saturated carbocycles. The van der Waals surface area contributed by atoms with Crippen LogP contribution in [-0.4, -0.2) is 27.6 Å². The summed E-state index contributed by atoms with van der Waals surface area (Å²) in [6.45, 7) is 4.71. The Bertz CT molecular complexity index is 609. The van der Waals surface area contributed by atoms with Crippen molar-refractivity contribution in [1.29, 1.82) is 0 Å². The number of aromatic nitrogens is 3. The normalized spacial score (nSPS) is 10.8. The van der Waals surface area contributed by atoms with E-state index in [0.29, 0.717) is 30.1 Å². The molecule has 3 N–H and O–H groups in total. The standard InChI is InChI=1S/C14H19N5O2/c1-9(2)14-18-12(21-19-14)4-3-6-17-11-5-7-16-8-10(11)13(15)20/h5,7-9H,3-4,6H2,1-2H3,(H2,15,20)(H,16,17). The molecular formula is C14H19N5O2. The van der Waals surface area contributed by atoms with E-state index in [2.05, 4.69) is 20.4 Å². The number of carbonyl (C=O) groups is 1. The highest BCUT2D eigenvalue weighted by Crippen LogP contribution is 2.13. The van der Waals surface area contributed by atoms with Crippen molar-refractivity contribution in [3.8, 4) is 0 Å². The summed E-state index contributed by atoms with van der Waals surface area (Å²) < 4.78 is 5.17. The molecule has 112 valence electrons. The summed E-state index contributed by atoms with van der Waals surface area (Å²) in [7, 11) is 0. The van der Waals surface area contributed by atoms with E-state index >= 15 is 0 Å². The average molecular weight is 289 g/mol. The second-order valence-electron chi connectivity index (χ2n) is 5.02. The first-order chi connectivity index (χ1) is 10.1. The molecule has 2 rings (SSSR count). The van der Waals surface area contributed by atoms with Crippen LogP contribution in [0.2, 0.25) is 0 Å². The van der Waals surface area contributed by atoms with E-state index in [4.69, 9.17) is 10.3 Å². The number of carbonyl (C=O) groups excluding carboxylic acids is 1. The number of amides is 1. The van der Waals surface area contributed by atoms with Crippen LogP contribution in [0.3, 0.4) is 0 Å². The zero-order valence-corrected chi connectivity index (χ0v) is 12.2. The number of hydrogen-bond acceptors (Lipinski definition) is 6. The van der Waals surface area contributed by atoms with Crippen molar-refractivity contribution in [2.45, 2.75) is 32.6 Å². The molecule has 0 unspecified atom stereocenters. The van der Waals surface area contributed by atoms with Gasteiger partial charge in [-0.05, 0) is 12.5 Å². The van der Waals surface area contributed by atoms with Crippen molar-refractivity contribution in [2.75, 3.05) is 11.9 Å². The highest BCUT2D eigenvalue weighted by atomic mass is 16.5. The second kappa shape index (κ2) is 6.83. The second-order valence-corrected chi connectivity index (χ2v) is 5.02. The lowest BCUT2D eigenvalue weighted by Gasteiger charge is -2.08. The fourth-order valence-electron chi connectivity index (χ4n) is 1.81. The molecule has 0 spiro atoms. The third-order valence-electron chi connectivity index (χ3n) is 2.97. The Kier molecular flexibility index (Phi) is 4.86. The zero-order valence-electron chi connectivity index (χ0n) is 12.2. The van der Waals surface area contributed by atoms with Crippen LogP contribution >= 0.6 is 0 Å². The van der Waals surface area contributed by atoms with Gasteiger partial charge in [-0.1, -0.05) is 19.0 Å². The highest BCUT2D eigenvalue weighted by Gasteiger charge is 2.10. The molecule has 0 fully saturated rings. The molecule has 0 aliphatic heterocycles. The van der Waals surface area contributed by atoms with Crippen molar-refractivity contribution in [3.63, 3.8) is 0 Å². The minimum Gasteiger partial charge on any atom is -0.384 e. The van der Waals surface area contributed by atoms with Crippen LogP contribution in [0.4, 0.5) is 5.69 Å². The minimum absolute atomic E-state index is 0.260. The van der Waals surface area contributed by atoms with E-state index in [1.165, 1.54) is 6.20 Å². The van der Waals surface area contributed by atoms with Crippen molar-refractivity contribution in [1.82, 2.24) is 15.1 Å². The van der Waals surface area contributed by atoms with E-state index in [1.54, 1.807) is 12.3 Å². The monoisotopic (exact) mass is 289 g/mol. The number of rotatable bonds is 7. The van der Waals surface area contributed by atoms with E-state index < -0.39 is 5.91 Å². The maximum atomic E-state index is 11.3. The first-order valence-corrected chi connectivity index (χ1v) is 6.88. The van der Waals surface area contributed by atoms with Gasteiger partial charge in [0.05, 0.1) is 11.3 Å². The predicted octanol–water partition coefficient (Wildman–Crippen LogP) is 1.73. The lowest BCUT2D eigenvalue weighted by Crippen LogP contribution is -2.15. The van der Waals surface area contributed by atoms with Crippen molar-refractivity contribution < 1.29 is 9.32 Å². The molecule has 0 radical (unpaired) electrons. The van der Waals surface area contributed by atoms with Crippen LogP contribution in [0.25, 0.3) is 0 Å². The van der Waals surface area contributed by atoms with Crippen LogP contribution in [-0.2, 0) is 6.42 Å². The van der Waals surface area contributed by atoms with Gasteiger partial charge in [-0.15, -0.1) is 0 Å². The molecule has 0 aliphatic carbocycles.